The molecule has 0 spiro atoms. The highest BCUT2D eigenvalue weighted by atomic mass is 19.1. The quantitative estimate of drug-likeness (QED) is 0.524. The highest BCUT2D eigenvalue weighted by Gasteiger charge is 2.14. The molecule has 148 valence electrons. The Bertz CT molecular complexity index is 1280. The highest BCUT2D eigenvalue weighted by Crippen LogP contribution is 2.32. The first-order valence-corrected chi connectivity index (χ1v) is 8.99. The molecule has 9 heteroatoms. The molecule has 30 heavy (non-hydrogen) atoms. The third-order valence-electron chi connectivity index (χ3n) is 4.58. The number of hydrogen-bond acceptors (Lipinski definition) is 7. The molecule has 0 atom stereocenters. The molecule has 7 nitrogen and oxygen atoms in total. The maximum atomic E-state index is 13.8. The minimum Gasteiger partial charge on any atom is -0.382 e. The molecule has 0 aliphatic carbocycles. The van der Waals surface area contributed by atoms with Gasteiger partial charge in [0, 0.05) is 36.0 Å². The van der Waals surface area contributed by atoms with Crippen molar-refractivity contribution in [2.24, 2.45) is 0 Å². The van der Waals surface area contributed by atoms with Crippen LogP contribution in [0.5, 0.6) is 0 Å². The Balaban J connectivity index is 1.71. The van der Waals surface area contributed by atoms with Gasteiger partial charge in [0.05, 0.1) is 11.7 Å². The molecule has 3 aromatic heterocycles. The number of nitrogen functional groups attached to an aromatic ring is 1. The summed E-state index contributed by atoms with van der Waals surface area (Å²) in [7, 11) is 0. The number of halogens is 2. The molecule has 0 aliphatic rings. The van der Waals surface area contributed by atoms with Gasteiger partial charge in [-0.1, -0.05) is 0 Å². The number of nitrogens with one attached hydrogen (secondary N) is 1. The number of hydrogen-bond donors (Lipinski definition) is 2. The number of fused-ring (bicyclic) bond motifs is 1. The van der Waals surface area contributed by atoms with Gasteiger partial charge in [0.15, 0.2) is 0 Å². The van der Waals surface area contributed by atoms with Crippen LogP contribution in [-0.2, 0) is 6.42 Å². The summed E-state index contributed by atoms with van der Waals surface area (Å²) in [5.74, 6) is -0.456. The molecular weight excluding hydrogens is 388 g/mol. The molecule has 1 aromatic carbocycles. The Morgan fingerprint density at radius 2 is 1.90 bits per heavy atom. The molecule has 0 unspecified atom stereocenters. The van der Waals surface area contributed by atoms with Crippen LogP contribution in [0.15, 0.2) is 49.2 Å². The lowest BCUT2D eigenvalue weighted by Crippen LogP contribution is -2.10. The van der Waals surface area contributed by atoms with Crippen molar-refractivity contribution >= 4 is 22.5 Å². The van der Waals surface area contributed by atoms with Crippen LogP contribution in [0.4, 0.5) is 20.4 Å². The van der Waals surface area contributed by atoms with Gasteiger partial charge in [0.1, 0.15) is 41.2 Å². The minimum absolute atomic E-state index is 0.0934. The fourth-order valence-corrected chi connectivity index (χ4v) is 3.25. The summed E-state index contributed by atoms with van der Waals surface area (Å²) in [6.07, 6.45) is 6.05. The lowest BCUT2D eigenvalue weighted by atomic mass is 9.96. The zero-order chi connectivity index (χ0) is 21.1. The van der Waals surface area contributed by atoms with Crippen molar-refractivity contribution in [2.75, 3.05) is 17.6 Å². The van der Waals surface area contributed by atoms with Crippen molar-refractivity contribution in [3.8, 4) is 17.2 Å². The Morgan fingerprint density at radius 3 is 2.70 bits per heavy atom. The van der Waals surface area contributed by atoms with Crippen LogP contribution in [0.25, 0.3) is 22.0 Å². The van der Waals surface area contributed by atoms with E-state index >= 15 is 0 Å². The van der Waals surface area contributed by atoms with Gasteiger partial charge >= 0.3 is 0 Å². The first-order chi connectivity index (χ1) is 14.6. The van der Waals surface area contributed by atoms with Crippen LogP contribution in [0.3, 0.4) is 0 Å². The van der Waals surface area contributed by atoms with E-state index in [1.807, 2.05) is 6.07 Å². The summed E-state index contributed by atoms with van der Waals surface area (Å²) in [6, 6.07) is 7.64. The molecule has 4 aromatic rings. The molecule has 0 fully saturated rings. The predicted octanol–water partition coefficient (Wildman–Crippen LogP) is 3.47. The first kappa shape index (κ1) is 19.1. The molecule has 3 N–H and O–H groups in total. The molecule has 3 heterocycles. The second kappa shape index (κ2) is 8.05. The van der Waals surface area contributed by atoms with Crippen molar-refractivity contribution in [1.82, 2.24) is 19.9 Å². The maximum Gasteiger partial charge on any atom is 0.149 e. The van der Waals surface area contributed by atoms with Gasteiger partial charge in [-0.15, -0.1) is 0 Å². The van der Waals surface area contributed by atoms with Crippen LogP contribution >= 0.6 is 0 Å². The van der Waals surface area contributed by atoms with E-state index in [1.165, 1.54) is 24.5 Å². The van der Waals surface area contributed by atoms with Crippen molar-refractivity contribution < 1.29 is 8.78 Å². The number of nitriles is 1. The summed E-state index contributed by atoms with van der Waals surface area (Å²) < 4.78 is 27.5. The van der Waals surface area contributed by atoms with Gasteiger partial charge < -0.3 is 11.1 Å². The zero-order valence-electron chi connectivity index (χ0n) is 15.6. The monoisotopic (exact) mass is 403 g/mol. The van der Waals surface area contributed by atoms with Crippen LogP contribution in [-0.4, -0.2) is 26.5 Å². The third-order valence-corrected chi connectivity index (χ3v) is 4.58. The third kappa shape index (κ3) is 3.71. The van der Waals surface area contributed by atoms with Crippen LogP contribution in [0, 0.1) is 23.0 Å². The molecule has 0 bridgehead atoms. The predicted molar refractivity (Wildman–Crippen MR) is 108 cm³/mol. The Morgan fingerprint density at radius 1 is 1.03 bits per heavy atom. The number of anilines is 2. The number of nitrogens with zero attached hydrogens (tertiary/aromatic N) is 5. The van der Waals surface area contributed by atoms with Crippen LogP contribution in [0.2, 0.25) is 0 Å². The molecule has 0 aliphatic heterocycles. The highest BCUT2D eigenvalue weighted by molar-refractivity contribution is 5.95. The summed E-state index contributed by atoms with van der Waals surface area (Å²) in [5, 5.41) is 13.0. The average molecular weight is 403 g/mol. The number of benzene rings is 1. The summed E-state index contributed by atoms with van der Waals surface area (Å²) in [5.41, 5.74) is 8.41. The van der Waals surface area contributed by atoms with E-state index in [2.05, 4.69) is 25.3 Å². The average Bonchev–Trinajstić information content (AvgIpc) is 2.73. The van der Waals surface area contributed by atoms with Crippen LogP contribution in [0.1, 0.15) is 11.1 Å². The molecule has 4 rings (SSSR count). The fourth-order valence-electron chi connectivity index (χ4n) is 3.25. The van der Waals surface area contributed by atoms with Gasteiger partial charge in [-0.3, -0.25) is 9.97 Å². The SMILES string of the molecule is N#Cc1c(N)ncnc1NCCc1cnc2cc(F)ccc2c1-c1cncc(F)c1. The summed E-state index contributed by atoms with van der Waals surface area (Å²) >= 11 is 0. The summed E-state index contributed by atoms with van der Waals surface area (Å²) in [6.45, 7) is 0.398. The summed E-state index contributed by atoms with van der Waals surface area (Å²) in [4.78, 5) is 16.1. The maximum absolute atomic E-state index is 13.8. The van der Waals surface area contributed by atoms with Crippen molar-refractivity contribution in [3.63, 3.8) is 0 Å². The standard InChI is InChI=1S/C21H15F2N7/c22-14-1-2-16-18(6-14)28-9-12(19(16)13-5-15(23)10-26-8-13)3-4-27-21-17(7-24)20(25)29-11-30-21/h1-2,5-6,8-11H,3-4H2,(H3,25,27,29,30). The zero-order valence-corrected chi connectivity index (χ0v) is 15.6. The molecular formula is C21H15F2N7. The Hall–Kier alpha value is -4.19. The normalized spacial score (nSPS) is 10.7. The van der Waals surface area contributed by atoms with E-state index < -0.39 is 11.6 Å². The van der Waals surface area contributed by atoms with Gasteiger partial charge in [-0.25, -0.2) is 18.7 Å². The lowest BCUT2D eigenvalue weighted by Gasteiger charge is -2.14. The van der Waals surface area contributed by atoms with E-state index in [4.69, 9.17) is 5.73 Å². The van der Waals surface area contributed by atoms with Crippen molar-refractivity contribution in [1.29, 1.82) is 5.26 Å². The Kier molecular flexibility index (Phi) is 5.13. The molecule has 0 radical (unpaired) electrons. The number of pyridine rings is 2. The molecule has 0 saturated heterocycles. The fraction of sp³-hybridized carbons (Fsp3) is 0.0952. The van der Waals surface area contributed by atoms with E-state index in [0.717, 1.165) is 17.3 Å². The van der Waals surface area contributed by atoms with Gasteiger partial charge in [-0.05, 0) is 35.7 Å². The van der Waals surface area contributed by atoms with Gasteiger partial charge in [0.2, 0.25) is 0 Å². The van der Waals surface area contributed by atoms with Gasteiger partial charge in [-0.2, -0.15) is 5.26 Å². The molecule has 0 saturated carbocycles. The topological polar surface area (TPSA) is 113 Å². The minimum atomic E-state index is -0.473. The van der Waals surface area contributed by atoms with E-state index in [0.29, 0.717) is 35.2 Å². The van der Waals surface area contributed by atoms with Gasteiger partial charge in [0.25, 0.3) is 0 Å². The van der Waals surface area contributed by atoms with Crippen molar-refractivity contribution in [3.05, 3.63) is 71.9 Å². The Labute approximate surface area is 170 Å². The van der Waals surface area contributed by atoms with E-state index in [1.54, 1.807) is 18.5 Å². The van der Waals surface area contributed by atoms with Crippen molar-refractivity contribution in [2.45, 2.75) is 6.42 Å². The molecule has 0 amide bonds. The second-order valence-electron chi connectivity index (χ2n) is 6.48. The van der Waals surface area contributed by atoms with Crippen LogP contribution < -0.4 is 11.1 Å². The first-order valence-electron chi connectivity index (χ1n) is 8.99. The van der Waals surface area contributed by atoms with E-state index in [9.17, 15) is 14.0 Å². The largest absolute Gasteiger partial charge is 0.382 e. The number of rotatable bonds is 5. The smallest absolute Gasteiger partial charge is 0.149 e. The second-order valence-corrected chi connectivity index (χ2v) is 6.48. The lowest BCUT2D eigenvalue weighted by molar-refractivity contribution is 0.622. The van der Waals surface area contributed by atoms with E-state index in [-0.39, 0.29) is 11.4 Å². The number of nitrogens with two attached hydrogens (primary N) is 1. The number of aromatic nitrogens is 4.